The maximum atomic E-state index is 6.06. The molecule has 114 valence electrons. The minimum Gasteiger partial charge on any atom is -0.472 e. The first kappa shape index (κ1) is 13.1. The Hall–Kier alpha value is -3.40. The standard InChI is InChI=1S/C20H12N2O2/c1-2-6-13(7-3-1)17-19-18(15-8-4-5-9-16(15)24-19)22-20(21-17)14-10-11-23-12-14/h1-12H. The van der Waals surface area contributed by atoms with Gasteiger partial charge in [-0.2, -0.15) is 0 Å². The monoisotopic (exact) mass is 312 g/mol. The van der Waals surface area contributed by atoms with E-state index in [-0.39, 0.29) is 0 Å². The van der Waals surface area contributed by atoms with Crippen molar-refractivity contribution < 1.29 is 8.83 Å². The van der Waals surface area contributed by atoms with Gasteiger partial charge < -0.3 is 8.83 Å². The smallest absolute Gasteiger partial charge is 0.180 e. The molecule has 24 heavy (non-hydrogen) atoms. The molecule has 0 saturated carbocycles. The van der Waals surface area contributed by atoms with E-state index in [2.05, 4.69) is 0 Å². The molecular weight excluding hydrogens is 300 g/mol. The molecule has 0 radical (unpaired) electrons. The molecule has 0 bridgehead atoms. The van der Waals surface area contributed by atoms with Gasteiger partial charge in [-0.15, -0.1) is 0 Å². The molecule has 0 aliphatic carbocycles. The molecule has 0 N–H and O–H groups in total. The van der Waals surface area contributed by atoms with Gasteiger partial charge in [-0.3, -0.25) is 0 Å². The number of rotatable bonds is 2. The third-order valence-corrected chi connectivity index (χ3v) is 4.05. The normalized spacial score (nSPS) is 11.3. The molecule has 4 heteroatoms. The lowest BCUT2D eigenvalue weighted by atomic mass is 10.1. The molecule has 0 aliphatic heterocycles. The van der Waals surface area contributed by atoms with Crippen molar-refractivity contribution in [3.63, 3.8) is 0 Å². The van der Waals surface area contributed by atoms with Crippen LogP contribution in [0.1, 0.15) is 0 Å². The van der Waals surface area contributed by atoms with Gasteiger partial charge in [0.1, 0.15) is 23.1 Å². The highest BCUT2D eigenvalue weighted by Crippen LogP contribution is 2.35. The molecule has 0 atom stereocenters. The maximum absolute atomic E-state index is 6.06. The van der Waals surface area contributed by atoms with Gasteiger partial charge in [-0.05, 0) is 18.2 Å². The molecule has 0 aliphatic rings. The SMILES string of the molecule is c1ccc(-c2nc(-c3ccoc3)nc3c2oc2ccccc23)cc1. The summed E-state index contributed by atoms with van der Waals surface area (Å²) >= 11 is 0. The Balaban J connectivity index is 1.92. The number of fused-ring (bicyclic) bond motifs is 3. The molecule has 0 saturated heterocycles. The van der Waals surface area contributed by atoms with Crippen molar-refractivity contribution in [3.8, 4) is 22.6 Å². The summed E-state index contributed by atoms with van der Waals surface area (Å²) in [5.41, 5.74) is 4.95. The van der Waals surface area contributed by atoms with E-state index in [1.54, 1.807) is 12.5 Å². The minimum atomic E-state index is 0.627. The average molecular weight is 312 g/mol. The maximum Gasteiger partial charge on any atom is 0.180 e. The zero-order chi connectivity index (χ0) is 15.9. The summed E-state index contributed by atoms with van der Waals surface area (Å²) in [6.07, 6.45) is 3.27. The molecule has 5 aromatic rings. The summed E-state index contributed by atoms with van der Waals surface area (Å²) < 4.78 is 11.3. The molecular formula is C20H12N2O2. The van der Waals surface area contributed by atoms with Crippen molar-refractivity contribution in [3.05, 3.63) is 73.2 Å². The summed E-state index contributed by atoms with van der Waals surface area (Å²) in [4.78, 5) is 9.47. The van der Waals surface area contributed by atoms with E-state index in [0.717, 1.165) is 33.3 Å². The first-order valence-corrected chi connectivity index (χ1v) is 7.67. The summed E-state index contributed by atoms with van der Waals surface area (Å²) in [5.74, 6) is 0.627. The Morgan fingerprint density at radius 3 is 2.42 bits per heavy atom. The van der Waals surface area contributed by atoms with Crippen molar-refractivity contribution in [1.82, 2.24) is 9.97 Å². The fourth-order valence-electron chi connectivity index (χ4n) is 2.90. The zero-order valence-electron chi connectivity index (χ0n) is 12.6. The second kappa shape index (κ2) is 5.06. The van der Waals surface area contributed by atoms with Crippen LogP contribution < -0.4 is 0 Å². The van der Waals surface area contributed by atoms with Crippen LogP contribution in [0.4, 0.5) is 0 Å². The first-order valence-electron chi connectivity index (χ1n) is 7.67. The number of hydrogen-bond donors (Lipinski definition) is 0. The van der Waals surface area contributed by atoms with E-state index >= 15 is 0 Å². The predicted octanol–water partition coefficient (Wildman–Crippen LogP) is 5.30. The number of nitrogens with zero attached hydrogens (tertiary/aromatic N) is 2. The Morgan fingerprint density at radius 2 is 1.58 bits per heavy atom. The summed E-state index contributed by atoms with van der Waals surface area (Å²) in [7, 11) is 0. The van der Waals surface area contributed by atoms with Crippen molar-refractivity contribution in [2.45, 2.75) is 0 Å². The van der Waals surface area contributed by atoms with Crippen LogP contribution in [0.25, 0.3) is 44.7 Å². The van der Waals surface area contributed by atoms with E-state index in [9.17, 15) is 0 Å². The quantitative estimate of drug-likeness (QED) is 0.443. The van der Waals surface area contributed by atoms with E-state index < -0.39 is 0 Å². The third-order valence-electron chi connectivity index (χ3n) is 4.05. The van der Waals surface area contributed by atoms with Crippen LogP contribution in [-0.4, -0.2) is 9.97 Å². The van der Waals surface area contributed by atoms with Gasteiger partial charge >= 0.3 is 0 Å². The largest absolute Gasteiger partial charge is 0.472 e. The number of benzene rings is 2. The van der Waals surface area contributed by atoms with E-state index in [1.165, 1.54) is 0 Å². The van der Waals surface area contributed by atoms with Gasteiger partial charge in [0, 0.05) is 10.9 Å². The Morgan fingerprint density at radius 1 is 0.750 bits per heavy atom. The van der Waals surface area contributed by atoms with Crippen LogP contribution in [-0.2, 0) is 0 Å². The van der Waals surface area contributed by atoms with Crippen LogP contribution in [0.5, 0.6) is 0 Å². The van der Waals surface area contributed by atoms with Crippen LogP contribution in [0.15, 0.2) is 82.0 Å². The van der Waals surface area contributed by atoms with Crippen molar-refractivity contribution in [2.24, 2.45) is 0 Å². The molecule has 3 heterocycles. The minimum absolute atomic E-state index is 0.627. The molecule has 0 unspecified atom stereocenters. The van der Waals surface area contributed by atoms with Crippen molar-refractivity contribution in [1.29, 1.82) is 0 Å². The highest BCUT2D eigenvalue weighted by molar-refractivity contribution is 6.06. The zero-order valence-corrected chi connectivity index (χ0v) is 12.6. The topological polar surface area (TPSA) is 52.1 Å². The predicted molar refractivity (Wildman–Crippen MR) is 92.4 cm³/mol. The van der Waals surface area contributed by atoms with Crippen LogP contribution in [0.3, 0.4) is 0 Å². The molecule has 3 aromatic heterocycles. The lowest BCUT2D eigenvalue weighted by molar-refractivity contribution is 0.568. The highest BCUT2D eigenvalue weighted by atomic mass is 16.3. The molecule has 0 fully saturated rings. The Kier molecular flexibility index (Phi) is 2.76. The summed E-state index contributed by atoms with van der Waals surface area (Å²) in [6, 6.07) is 19.8. The average Bonchev–Trinajstić information content (AvgIpc) is 3.29. The van der Waals surface area contributed by atoms with E-state index in [4.69, 9.17) is 18.8 Å². The van der Waals surface area contributed by atoms with Gasteiger partial charge in [-0.25, -0.2) is 9.97 Å². The van der Waals surface area contributed by atoms with Crippen molar-refractivity contribution >= 4 is 22.1 Å². The second-order valence-electron chi connectivity index (χ2n) is 5.55. The number of furan rings is 2. The second-order valence-corrected chi connectivity index (χ2v) is 5.55. The Labute approximate surface area is 137 Å². The fraction of sp³-hybridized carbons (Fsp3) is 0. The summed E-state index contributed by atoms with van der Waals surface area (Å²) in [6.45, 7) is 0. The van der Waals surface area contributed by atoms with Gasteiger partial charge in [0.25, 0.3) is 0 Å². The number of para-hydroxylation sites is 1. The molecule has 2 aromatic carbocycles. The molecule has 0 amide bonds. The first-order chi connectivity index (χ1) is 11.9. The van der Waals surface area contributed by atoms with E-state index in [0.29, 0.717) is 11.4 Å². The molecule has 0 spiro atoms. The summed E-state index contributed by atoms with van der Waals surface area (Å²) in [5, 5.41) is 0.983. The van der Waals surface area contributed by atoms with Crippen molar-refractivity contribution in [2.75, 3.05) is 0 Å². The lowest BCUT2D eigenvalue weighted by Crippen LogP contribution is -1.92. The highest BCUT2D eigenvalue weighted by Gasteiger charge is 2.17. The van der Waals surface area contributed by atoms with E-state index in [1.807, 2.05) is 60.7 Å². The molecule has 4 nitrogen and oxygen atoms in total. The molecule has 5 rings (SSSR count). The van der Waals surface area contributed by atoms with Crippen LogP contribution in [0.2, 0.25) is 0 Å². The Bertz CT molecular complexity index is 1140. The number of hydrogen-bond acceptors (Lipinski definition) is 4. The third kappa shape index (κ3) is 1.93. The van der Waals surface area contributed by atoms with Gasteiger partial charge in [0.2, 0.25) is 0 Å². The lowest BCUT2D eigenvalue weighted by Gasteiger charge is -2.04. The van der Waals surface area contributed by atoms with Gasteiger partial charge in [-0.1, -0.05) is 42.5 Å². The number of aromatic nitrogens is 2. The van der Waals surface area contributed by atoms with Gasteiger partial charge in [0.05, 0.1) is 11.8 Å². The van der Waals surface area contributed by atoms with Crippen LogP contribution >= 0.6 is 0 Å². The van der Waals surface area contributed by atoms with Gasteiger partial charge in [0.15, 0.2) is 11.4 Å². The fourth-order valence-corrected chi connectivity index (χ4v) is 2.90. The van der Waals surface area contributed by atoms with Crippen LogP contribution in [0, 0.1) is 0 Å².